The van der Waals surface area contributed by atoms with Crippen LogP contribution in [0.4, 0.5) is 4.39 Å². The second-order valence-corrected chi connectivity index (χ2v) is 10.0. The van der Waals surface area contributed by atoms with Crippen LogP contribution in [0.2, 0.25) is 0 Å². The van der Waals surface area contributed by atoms with E-state index in [1.807, 2.05) is 6.92 Å². The van der Waals surface area contributed by atoms with Gasteiger partial charge in [0.1, 0.15) is 11.6 Å². The Kier molecular flexibility index (Phi) is 9.16. The number of carbonyl (C=O) groups excluding carboxylic acids is 4. The fraction of sp³-hybridized carbons (Fsp3) is 0.448. The molecule has 1 atom stereocenters. The van der Waals surface area contributed by atoms with Gasteiger partial charge in [0.05, 0.1) is 5.92 Å². The molecule has 3 N–H and O–H groups in total. The summed E-state index contributed by atoms with van der Waals surface area (Å²) in [5, 5.41) is 16.1. The maximum absolute atomic E-state index is 14.8. The van der Waals surface area contributed by atoms with Crippen LogP contribution in [0.5, 0.6) is 5.75 Å². The highest BCUT2D eigenvalue weighted by molar-refractivity contribution is 5.95. The number of hydrogen-bond acceptors (Lipinski definition) is 5. The lowest BCUT2D eigenvalue weighted by Crippen LogP contribution is -2.40. The van der Waals surface area contributed by atoms with Crippen LogP contribution < -0.4 is 10.6 Å². The average molecular weight is 539 g/mol. The van der Waals surface area contributed by atoms with Crippen molar-refractivity contribution in [1.29, 1.82) is 0 Å². The number of nitrogens with zero attached hydrogens (tertiary/aromatic N) is 2. The van der Waals surface area contributed by atoms with Crippen molar-refractivity contribution in [3.05, 3.63) is 53.3 Å². The summed E-state index contributed by atoms with van der Waals surface area (Å²) in [6, 6.07) is 8.84. The molecule has 2 heterocycles. The molecule has 0 saturated carbocycles. The zero-order valence-electron chi connectivity index (χ0n) is 22.2. The Bertz CT molecular complexity index is 1250. The number of carbonyl (C=O) groups is 4. The van der Waals surface area contributed by atoms with Crippen molar-refractivity contribution >= 4 is 23.6 Å². The lowest BCUT2D eigenvalue weighted by atomic mass is 9.98. The summed E-state index contributed by atoms with van der Waals surface area (Å²) in [7, 11) is 0. The number of benzene rings is 2. The predicted molar refractivity (Wildman–Crippen MR) is 143 cm³/mol. The molecule has 1 saturated heterocycles. The molecule has 1 fully saturated rings. The first kappa shape index (κ1) is 28.1. The molecule has 39 heavy (non-hydrogen) atoms. The van der Waals surface area contributed by atoms with Crippen molar-refractivity contribution in [2.24, 2.45) is 5.92 Å². The van der Waals surface area contributed by atoms with Crippen molar-refractivity contribution in [3.8, 4) is 16.9 Å². The van der Waals surface area contributed by atoms with Gasteiger partial charge in [0.15, 0.2) is 0 Å². The molecule has 0 spiro atoms. The number of nitrogens with one attached hydrogen (secondary N) is 2. The van der Waals surface area contributed by atoms with E-state index >= 15 is 0 Å². The number of phenolic OH excluding ortho intramolecular Hbond substituents is 1. The highest BCUT2D eigenvalue weighted by Gasteiger charge is 2.35. The second kappa shape index (κ2) is 12.7. The first-order chi connectivity index (χ1) is 18.8. The van der Waals surface area contributed by atoms with E-state index in [2.05, 4.69) is 10.6 Å². The number of fused-ring (bicyclic) bond motifs is 5. The van der Waals surface area contributed by atoms with Crippen LogP contribution in [0, 0.1) is 11.7 Å². The number of rotatable bonds is 2. The smallest absolute Gasteiger partial charge is 0.251 e. The minimum atomic E-state index is -0.570. The number of phenols is 1. The van der Waals surface area contributed by atoms with Gasteiger partial charge in [-0.1, -0.05) is 6.07 Å². The fourth-order valence-corrected chi connectivity index (χ4v) is 5.10. The molecular weight excluding hydrogens is 503 g/mol. The highest BCUT2D eigenvalue weighted by atomic mass is 19.1. The molecule has 2 aliphatic rings. The van der Waals surface area contributed by atoms with E-state index in [0.29, 0.717) is 52.0 Å². The van der Waals surface area contributed by atoms with Crippen LogP contribution in [0.3, 0.4) is 0 Å². The van der Waals surface area contributed by atoms with Gasteiger partial charge in [-0.2, -0.15) is 0 Å². The summed E-state index contributed by atoms with van der Waals surface area (Å²) in [5.41, 5.74) is 1.41. The van der Waals surface area contributed by atoms with Gasteiger partial charge in [-0.3, -0.25) is 19.2 Å². The van der Waals surface area contributed by atoms with Crippen LogP contribution >= 0.6 is 0 Å². The quantitative estimate of drug-likeness (QED) is 0.543. The third-order valence-corrected chi connectivity index (χ3v) is 7.29. The standard InChI is InChI=1S/C29H35FN4O5/c1-2-33-18-21(17-27(33)37)29(39)34-13-3-5-26(36)31-12-10-19-6-9-25(35)23(15-19)22-16-20(7-8-24(22)30)28(38)32-11-4-14-34/h6-9,15-16,21,35H,2-5,10-14,17-18H2,1H3,(H,31,36)(H,32,38). The summed E-state index contributed by atoms with van der Waals surface area (Å²) in [5.74, 6) is -1.76. The van der Waals surface area contributed by atoms with E-state index in [4.69, 9.17) is 0 Å². The lowest BCUT2D eigenvalue weighted by Gasteiger charge is -2.26. The molecule has 1 unspecified atom stereocenters. The first-order valence-electron chi connectivity index (χ1n) is 13.5. The Morgan fingerprint density at radius 3 is 2.56 bits per heavy atom. The fourth-order valence-electron chi connectivity index (χ4n) is 5.10. The lowest BCUT2D eigenvalue weighted by molar-refractivity contribution is -0.136. The van der Waals surface area contributed by atoms with E-state index in [-0.39, 0.29) is 59.5 Å². The predicted octanol–water partition coefficient (Wildman–Crippen LogP) is 2.47. The van der Waals surface area contributed by atoms with Gasteiger partial charge in [0, 0.05) is 68.8 Å². The SMILES string of the molecule is CCN1CC(C(=O)N2CCCNC(=O)c3ccc(F)c(c3)-c3cc(ccc3O)CCNC(=O)CCC2)CC1=O. The summed E-state index contributed by atoms with van der Waals surface area (Å²) in [4.78, 5) is 54.1. The number of likely N-dealkylation sites (tertiary alicyclic amines) is 1. The maximum atomic E-state index is 14.8. The van der Waals surface area contributed by atoms with Crippen molar-refractivity contribution in [2.45, 2.75) is 39.0 Å². The normalized spacial score (nSPS) is 19.5. The molecule has 10 heteroatoms. The second-order valence-electron chi connectivity index (χ2n) is 10.0. The van der Waals surface area contributed by atoms with Crippen LogP contribution in [0.1, 0.15) is 48.5 Å². The largest absolute Gasteiger partial charge is 0.507 e. The molecule has 2 aromatic rings. The maximum Gasteiger partial charge on any atom is 0.251 e. The molecule has 2 aliphatic heterocycles. The minimum absolute atomic E-state index is 0.0305. The molecular formula is C29H35FN4O5. The number of halogens is 1. The average Bonchev–Trinajstić information content (AvgIpc) is 3.30. The Morgan fingerprint density at radius 1 is 1.00 bits per heavy atom. The van der Waals surface area contributed by atoms with Crippen LogP contribution in [-0.4, -0.2) is 77.8 Å². The number of aromatic hydroxyl groups is 1. The molecule has 0 aromatic heterocycles. The molecule has 4 rings (SSSR count). The number of hydrogen-bond donors (Lipinski definition) is 3. The molecule has 4 amide bonds. The molecule has 208 valence electrons. The van der Waals surface area contributed by atoms with Crippen LogP contribution in [-0.2, 0) is 20.8 Å². The van der Waals surface area contributed by atoms with E-state index in [1.54, 1.807) is 21.9 Å². The summed E-state index contributed by atoms with van der Waals surface area (Å²) < 4.78 is 14.8. The topological polar surface area (TPSA) is 119 Å². The van der Waals surface area contributed by atoms with Crippen molar-refractivity contribution < 1.29 is 28.7 Å². The van der Waals surface area contributed by atoms with E-state index in [0.717, 1.165) is 5.56 Å². The van der Waals surface area contributed by atoms with Gasteiger partial charge >= 0.3 is 0 Å². The summed E-state index contributed by atoms with van der Waals surface area (Å²) in [6.07, 6.45) is 1.83. The van der Waals surface area contributed by atoms with Crippen molar-refractivity contribution in [2.75, 3.05) is 39.3 Å². The van der Waals surface area contributed by atoms with Gasteiger partial charge in [-0.15, -0.1) is 0 Å². The molecule has 2 aromatic carbocycles. The van der Waals surface area contributed by atoms with Gasteiger partial charge in [0.25, 0.3) is 5.91 Å². The van der Waals surface area contributed by atoms with Gasteiger partial charge in [-0.25, -0.2) is 4.39 Å². The van der Waals surface area contributed by atoms with Crippen LogP contribution in [0.15, 0.2) is 36.4 Å². The summed E-state index contributed by atoms with van der Waals surface area (Å²) >= 11 is 0. The van der Waals surface area contributed by atoms with E-state index in [1.165, 1.54) is 24.3 Å². The van der Waals surface area contributed by atoms with Crippen LogP contribution in [0.25, 0.3) is 11.1 Å². The highest BCUT2D eigenvalue weighted by Crippen LogP contribution is 2.33. The third-order valence-electron chi connectivity index (χ3n) is 7.29. The molecule has 0 aliphatic carbocycles. The molecule has 9 nitrogen and oxygen atoms in total. The van der Waals surface area contributed by atoms with E-state index < -0.39 is 17.6 Å². The third kappa shape index (κ3) is 6.93. The Labute approximate surface area is 227 Å². The first-order valence-corrected chi connectivity index (χ1v) is 13.5. The van der Waals surface area contributed by atoms with Gasteiger partial charge in [-0.05, 0) is 62.1 Å². The Hall–Kier alpha value is -3.95. The van der Waals surface area contributed by atoms with Gasteiger partial charge < -0.3 is 25.5 Å². The van der Waals surface area contributed by atoms with Crippen molar-refractivity contribution in [3.63, 3.8) is 0 Å². The Balaban J connectivity index is 1.52. The number of amides is 4. The molecule has 0 radical (unpaired) electrons. The zero-order valence-corrected chi connectivity index (χ0v) is 22.2. The van der Waals surface area contributed by atoms with Crippen molar-refractivity contribution in [1.82, 2.24) is 20.4 Å². The monoisotopic (exact) mass is 538 g/mol. The molecule has 4 bridgehead atoms. The van der Waals surface area contributed by atoms with Gasteiger partial charge in [0.2, 0.25) is 17.7 Å². The minimum Gasteiger partial charge on any atom is -0.507 e. The van der Waals surface area contributed by atoms with E-state index in [9.17, 15) is 28.7 Å². The zero-order chi connectivity index (χ0) is 27.9. The Morgan fingerprint density at radius 2 is 1.79 bits per heavy atom. The summed E-state index contributed by atoms with van der Waals surface area (Å²) in [6.45, 7) is 4.21.